The first-order valence-electron chi connectivity index (χ1n) is 47.2. The molecule has 12 heterocycles. The van der Waals surface area contributed by atoms with Gasteiger partial charge in [-0.2, -0.15) is 0 Å². The van der Waals surface area contributed by atoms with E-state index in [1.54, 1.807) is 0 Å². The highest BCUT2D eigenvalue weighted by atomic mass is 15.2. The summed E-state index contributed by atoms with van der Waals surface area (Å²) in [5, 5.41) is 8.21. The van der Waals surface area contributed by atoms with Crippen molar-refractivity contribution in [3.05, 3.63) is 461 Å². The molecule has 19 aromatic carbocycles. The third-order valence-electron chi connectivity index (χ3n) is 27.8. The van der Waals surface area contributed by atoms with Gasteiger partial charge in [-0.3, -0.25) is 31.9 Å². The maximum absolute atomic E-state index is 5.13. The Kier molecular flexibility index (Phi) is 17.6. The Morgan fingerprint density at radius 2 is 0.475 bits per heavy atom. The molecular formula is C123H76N18. The van der Waals surface area contributed by atoms with Crippen molar-refractivity contribution >= 4 is 182 Å². The third kappa shape index (κ3) is 12.5. The number of hydrogen-bond acceptors (Lipinski definition) is 9. The molecule has 141 heavy (non-hydrogen) atoms. The van der Waals surface area contributed by atoms with Crippen LogP contribution in [-0.2, 0) is 0 Å². The zero-order valence-electron chi connectivity index (χ0n) is 75.4. The SMILES string of the molecule is c1cc(-c2cnc3ccccc3n2)cc(-n2c3ccccc3c3cc(-n4c5ccccc5n5c6ccccc6nc45)ccc32)c1.c1ccc(-c2nc3ccccc3nc2-c2ccc(-n3c4ccccc4c4cc(-n5c6ccccc6n6c7ccccc7nc56)ccc43)cc2)cc1.c1ccc2nc(-c3ccc(-n4c5ccccc5c5cc(-n6c7ccccc7n7c8ccccc8nc67)ccc54)cc3)ncc2c1. The molecule has 0 fully saturated rings. The van der Waals surface area contributed by atoms with Gasteiger partial charge in [-0.15, -0.1) is 0 Å². The molecule has 0 saturated heterocycles. The van der Waals surface area contributed by atoms with Gasteiger partial charge in [0.25, 0.3) is 0 Å². The van der Waals surface area contributed by atoms with E-state index in [1.165, 1.54) is 32.3 Å². The van der Waals surface area contributed by atoms with Crippen LogP contribution in [0, 0.1) is 0 Å². The minimum atomic E-state index is 0.726. The summed E-state index contributed by atoms with van der Waals surface area (Å²) in [6.45, 7) is 0. The van der Waals surface area contributed by atoms with E-state index in [2.05, 4.69) is 390 Å². The van der Waals surface area contributed by atoms with E-state index in [0.29, 0.717) is 0 Å². The van der Waals surface area contributed by atoms with Gasteiger partial charge >= 0.3 is 0 Å². The topological polar surface area (TPSA) is 159 Å². The molecule has 0 unspecified atom stereocenters. The van der Waals surface area contributed by atoms with Crippen LogP contribution in [0.4, 0.5) is 0 Å². The van der Waals surface area contributed by atoms with Crippen LogP contribution in [0.15, 0.2) is 461 Å². The highest BCUT2D eigenvalue weighted by molar-refractivity contribution is 6.14. The van der Waals surface area contributed by atoms with Gasteiger partial charge in [0.1, 0.15) is 0 Å². The van der Waals surface area contributed by atoms with E-state index in [1.807, 2.05) is 122 Å². The number of fused-ring (bicyclic) bond motifs is 27. The molecule has 0 aliphatic heterocycles. The number of hydrogen-bond donors (Lipinski definition) is 0. The standard InChI is InChI=1S/C45H28N6.2C39H24N6/c1-2-12-29(13-3-1)43-44(47-36-16-6-5-15-35(36)46-43)30-22-24-31(25-23-30)49-38-18-8-4-14-33(38)34-28-32(26-27-39(34)49)50-41-20-10-11-21-42(41)51-40-19-9-7-17-37(40)48-45(50)51;1-5-16-34-28(12-1)29-23-27(44-37-18-7-8-19-38(37)45-36-17-6-4-15-32(36)42-39(44)45)20-21-35(29)43(34)26-11-9-10-25(22-26)33-24-40-30-13-2-3-14-31(30)41-33;1-3-11-31-26(9-1)24-40-38(41-31)25-17-19-27(20-18-25)43-33-13-5-2-10-29(33)30-23-28(21-22-34(30)43)44-36-15-7-8-16-37(36)45-35-14-6-4-12-32(35)42-39(44)45/h1-28H;2*1-24H. The number of para-hydroxylation sites is 20. The second kappa shape index (κ2) is 31.5. The largest absolute Gasteiger partial charge is 0.309 e. The normalized spacial score (nSPS) is 12.0. The van der Waals surface area contributed by atoms with Crippen LogP contribution >= 0.6 is 0 Å². The van der Waals surface area contributed by atoms with Crippen LogP contribution in [0.2, 0.25) is 0 Å². The van der Waals surface area contributed by atoms with Gasteiger partial charge in [-0.05, 0) is 224 Å². The van der Waals surface area contributed by atoms with Crippen molar-refractivity contribution in [1.82, 2.24) is 85.5 Å². The zero-order valence-corrected chi connectivity index (χ0v) is 75.4. The van der Waals surface area contributed by atoms with Gasteiger partial charge in [-0.1, -0.05) is 224 Å². The van der Waals surface area contributed by atoms with Gasteiger partial charge in [-0.25, -0.2) is 39.9 Å². The van der Waals surface area contributed by atoms with Crippen LogP contribution in [0.5, 0.6) is 0 Å². The summed E-state index contributed by atoms with van der Waals surface area (Å²) in [6.07, 6.45) is 3.75. The van der Waals surface area contributed by atoms with Gasteiger partial charge in [0, 0.05) is 100 Å². The smallest absolute Gasteiger partial charge is 0.220 e. The summed E-state index contributed by atoms with van der Waals surface area (Å²) in [6, 6.07) is 157. The molecule has 31 aromatic rings. The van der Waals surface area contributed by atoms with E-state index in [0.717, 1.165) is 229 Å². The molecular weight excluding hydrogens is 1730 g/mol. The summed E-state index contributed by atoms with van der Waals surface area (Å²) >= 11 is 0. The Balaban J connectivity index is 0.000000102. The summed E-state index contributed by atoms with van der Waals surface area (Å²) in [5.41, 5.74) is 37.6. The molecule has 18 heteroatoms. The van der Waals surface area contributed by atoms with Gasteiger partial charge in [0.2, 0.25) is 17.3 Å². The molecule has 0 spiro atoms. The van der Waals surface area contributed by atoms with Crippen LogP contribution < -0.4 is 0 Å². The molecule has 0 aliphatic carbocycles. The fourth-order valence-corrected chi connectivity index (χ4v) is 21.5. The van der Waals surface area contributed by atoms with Crippen molar-refractivity contribution in [3.8, 4) is 79.3 Å². The van der Waals surface area contributed by atoms with Crippen LogP contribution in [0.3, 0.4) is 0 Å². The van der Waals surface area contributed by atoms with Gasteiger partial charge < -0.3 is 13.7 Å². The van der Waals surface area contributed by atoms with Crippen molar-refractivity contribution in [3.63, 3.8) is 0 Å². The number of aromatic nitrogens is 18. The summed E-state index contributed by atoms with van der Waals surface area (Å²) < 4.78 is 20.7. The van der Waals surface area contributed by atoms with Crippen molar-refractivity contribution in [2.45, 2.75) is 0 Å². The summed E-state index contributed by atoms with van der Waals surface area (Å²) in [7, 11) is 0. The first-order chi connectivity index (χ1) is 69.9. The van der Waals surface area contributed by atoms with E-state index in [-0.39, 0.29) is 0 Å². The average molecular weight is 1810 g/mol. The fraction of sp³-hybridized carbons (Fsp3) is 0. The third-order valence-corrected chi connectivity index (χ3v) is 27.8. The van der Waals surface area contributed by atoms with Crippen molar-refractivity contribution < 1.29 is 0 Å². The average Bonchev–Trinajstić information content (AvgIpc) is 1.57. The monoisotopic (exact) mass is 1800 g/mol. The molecule has 0 atom stereocenters. The maximum Gasteiger partial charge on any atom is 0.220 e. The Morgan fingerprint density at radius 1 is 0.156 bits per heavy atom. The highest BCUT2D eigenvalue weighted by Gasteiger charge is 2.26. The summed E-state index contributed by atoms with van der Waals surface area (Å²) in [5.74, 6) is 3.45. The number of imidazole rings is 6. The van der Waals surface area contributed by atoms with Crippen molar-refractivity contribution in [1.29, 1.82) is 0 Å². The predicted molar refractivity (Wildman–Crippen MR) is 573 cm³/mol. The molecule has 0 radical (unpaired) electrons. The van der Waals surface area contributed by atoms with E-state index >= 15 is 0 Å². The fourth-order valence-electron chi connectivity index (χ4n) is 21.5. The number of rotatable bonds is 10. The Morgan fingerprint density at radius 3 is 0.922 bits per heavy atom. The molecule has 12 aromatic heterocycles. The second-order valence-corrected chi connectivity index (χ2v) is 35.8. The molecule has 0 bridgehead atoms. The van der Waals surface area contributed by atoms with Crippen LogP contribution in [0.1, 0.15) is 0 Å². The van der Waals surface area contributed by atoms with E-state index < -0.39 is 0 Å². The van der Waals surface area contributed by atoms with E-state index in [4.69, 9.17) is 34.9 Å². The van der Waals surface area contributed by atoms with Crippen molar-refractivity contribution in [2.24, 2.45) is 0 Å². The Hall–Kier alpha value is -19.6. The van der Waals surface area contributed by atoms with Gasteiger partial charge in [0.05, 0.1) is 150 Å². The van der Waals surface area contributed by atoms with Crippen LogP contribution in [-0.4, -0.2) is 85.5 Å². The van der Waals surface area contributed by atoms with Gasteiger partial charge in [0.15, 0.2) is 5.82 Å². The van der Waals surface area contributed by atoms with E-state index in [9.17, 15) is 0 Å². The molecule has 0 N–H and O–H groups in total. The van der Waals surface area contributed by atoms with Crippen LogP contribution in [0.25, 0.3) is 261 Å². The Bertz CT molecular complexity index is 10600. The minimum absolute atomic E-state index is 0.726. The second-order valence-electron chi connectivity index (χ2n) is 35.8. The maximum atomic E-state index is 5.13. The first-order valence-corrected chi connectivity index (χ1v) is 47.2. The zero-order chi connectivity index (χ0) is 92.4. The molecule has 0 amide bonds. The first kappa shape index (κ1) is 78.9. The summed E-state index contributed by atoms with van der Waals surface area (Å²) in [4.78, 5) is 44.5. The number of benzene rings is 19. The minimum Gasteiger partial charge on any atom is -0.309 e. The number of nitrogens with zero attached hydrogens (tertiary/aromatic N) is 18. The predicted octanol–water partition coefficient (Wildman–Crippen LogP) is 29.1. The molecule has 0 aliphatic rings. The lowest BCUT2D eigenvalue weighted by molar-refractivity contribution is 1.11. The lowest BCUT2D eigenvalue weighted by Crippen LogP contribution is -1.97. The molecule has 31 rings (SSSR count). The molecule has 658 valence electrons. The Labute approximate surface area is 802 Å². The lowest BCUT2D eigenvalue weighted by atomic mass is 10.0. The van der Waals surface area contributed by atoms with Crippen molar-refractivity contribution in [2.75, 3.05) is 0 Å². The lowest BCUT2D eigenvalue weighted by Gasteiger charge is -2.13. The quantitative estimate of drug-likeness (QED) is 0.130. The highest BCUT2D eigenvalue weighted by Crippen LogP contribution is 2.44. The molecule has 18 nitrogen and oxygen atoms in total. The molecule has 0 saturated carbocycles.